The number of aryl methyl sites for hydroxylation is 2. The summed E-state index contributed by atoms with van der Waals surface area (Å²) < 4.78 is 19.1. The number of nitrogens with zero attached hydrogens (tertiary/aromatic N) is 3. The molecule has 0 amide bonds. The van der Waals surface area contributed by atoms with Crippen molar-refractivity contribution in [3.8, 4) is 39.6 Å². The number of hydrogen-bond acceptors (Lipinski definition) is 6. The molecular weight excluding hydrogens is 510 g/mol. The maximum absolute atomic E-state index is 12.9. The summed E-state index contributed by atoms with van der Waals surface area (Å²) in [5.41, 5.74) is 6.06. The number of carbonyl (C=O) groups excluding carboxylic acids is 1. The van der Waals surface area contributed by atoms with Gasteiger partial charge in [-0.25, -0.2) is 9.48 Å². The van der Waals surface area contributed by atoms with Crippen molar-refractivity contribution < 1.29 is 19.0 Å². The third kappa shape index (κ3) is 4.79. The van der Waals surface area contributed by atoms with Gasteiger partial charge in [0.25, 0.3) is 0 Å². The summed E-state index contributed by atoms with van der Waals surface area (Å²) in [5.74, 6) is 0.589. The molecule has 7 nitrogen and oxygen atoms in total. The van der Waals surface area contributed by atoms with E-state index in [9.17, 15) is 4.79 Å². The lowest BCUT2D eigenvalue weighted by molar-refractivity contribution is 0.0522. The minimum Gasteiger partial charge on any atom is -0.497 e. The number of hydrogen-bond donors (Lipinski definition) is 0. The van der Waals surface area contributed by atoms with Crippen LogP contribution in [0.5, 0.6) is 11.5 Å². The zero-order valence-electron chi connectivity index (χ0n) is 20.3. The SMILES string of the molecule is CCOC(=O)c1c(C)cc(-c2cc(OC)ccc2Br)c(-n2cc(-c3ccc(C)cc3)nn2)c1OC. The van der Waals surface area contributed by atoms with Crippen LogP contribution in [0.1, 0.15) is 28.4 Å². The fourth-order valence-corrected chi connectivity index (χ4v) is 4.39. The van der Waals surface area contributed by atoms with E-state index in [0.717, 1.165) is 26.7 Å². The number of rotatable bonds is 7. The summed E-state index contributed by atoms with van der Waals surface area (Å²) in [6.07, 6.45) is 1.82. The predicted octanol–water partition coefficient (Wildman–Crippen LogP) is 6.17. The molecule has 0 atom stereocenters. The first-order chi connectivity index (χ1) is 16.9. The van der Waals surface area contributed by atoms with Gasteiger partial charge in [0.2, 0.25) is 0 Å². The van der Waals surface area contributed by atoms with Crippen LogP contribution >= 0.6 is 15.9 Å². The molecular formula is C27H26BrN3O4. The van der Waals surface area contributed by atoms with E-state index in [-0.39, 0.29) is 6.61 Å². The molecule has 0 radical (unpaired) electrons. The molecule has 0 aliphatic carbocycles. The molecule has 180 valence electrons. The first-order valence-corrected chi connectivity index (χ1v) is 11.9. The number of benzene rings is 3. The average Bonchev–Trinajstić information content (AvgIpc) is 3.34. The van der Waals surface area contributed by atoms with Gasteiger partial charge in [-0.1, -0.05) is 51.0 Å². The van der Waals surface area contributed by atoms with E-state index >= 15 is 0 Å². The summed E-state index contributed by atoms with van der Waals surface area (Å²) >= 11 is 3.66. The minimum absolute atomic E-state index is 0.251. The van der Waals surface area contributed by atoms with Crippen molar-refractivity contribution in [3.05, 3.63) is 75.9 Å². The number of esters is 1. The maximum atomic E-state index is 12.9. The van der Waals surface area contributed by atoms with Crippen LogP contribution in [0.4, 0.5) is 0 Å². The van der Waals surface area contributed by atoms with Crippen molar-refractivity contribution in [2.75, 3.05) is 20.8 Å². The fourth-order valence-electron chi connectivity index (χ4n) is 3.93. The Labute approximate surface area is 212 Å². The van der Waals surface area contributed by atoms with Gasteiger partial charge in [0, 0.05) is 21.2 Å². The standard InChI is InChI=1S/C27H26BrN3O4/c1-6-35-27(32)24-17(3)13-21(20-14-19(33-4)11-12-22(20)28)25(26(24)34-5)31-15-23(29-30-31)18-9-7-16(2)8-10-18/h7-15H,6H2,1-5H3. The normalized spacial score (nSPS) is 10.8. The van der Waals surface area contributed by atoms with E-state index in [1.165, 1.54) is 7.11 Å². The second kappa shape index (κ2) is 10.3. The molecule has 4 aromatic rings. The Hall–Kier alpha value is -3.65. The van der Waals surface area contributed by atoms with Crippen molar-refractivity contribution in [3.63, 3.8) is 0 Å². The first-order valence-electron chi connectivity index (χ1n) is 11.1. The van der Waals surface area contributed by atoms with Crippen LogP contribution in [0.25, 0.3) is 28.1 Å². The monoisotopic (exact) mass is 535 g/mol. The van der Waals surface area contributed by atoms with Gasteiger partial charge in [-0.3, -0.25) is 0 Å². The first kappa shape index (κ1) is 24.5. The molecule has 1 heterocycles. The lowest BCUT2D eigenvalue weighted by Gasteiger charge is -2.20. The zero-order chi connectivity index (χ0) is 25.1. The summed E-state index contributed by atoms with van der Waals surface area (Å²) in [4.78, 5) is 12.9. The molecule has 3 aromatic carbocycles. The Balaban J connectivity index is 2.01. The highest BCUT2D eigenvalue weighted by Gasteiger charge is 2.27. The number of aromatic nitrogens is 3. The molecule has 0 aliphatic rings. The summed E-state index contributed by atoms with van der Waals surface area (Å²) in [6.45, 7) is 5.91. The van der Waals surface area contributed by atoms with Crippen LogP contribution < -0.4 is 9.47 Å². The Kier molecular flexibility index (Phi) is 7.21. The van der Waals surface area contributed by atoms with Crippen LogP contribution in [0.15, 0.2) is 59.2 Å². The summed E-state index contributed by atoms with van der Waals surface area (Å²) in [5, 5.41) is 8.81. The van der Waals surface area contributed by atoms with Crippen molar-refractivity contribution in [1.82, 2.24) is 15.0 Å². The molecule has 0 saturated heterocycles. The van der Waals surface area contributed by atoms with E-state index in [1.807, 2.05) is 68.6 Å². The molecule has 4 rings (SSSR count). The van der Waals surface area contributed by atoms with Gasteiger partial charge in [0.1, 0.15) is 22.7 Å². The van der Waals surface area contributed by atoms with Gasteiger partial charge in [-0.15, -0.1) is 5.10 Å². The Morgan fingerprint density at radius 2 is 1.74 bits per heavy atom. The van der Waals surface area contributed by atoms with E-state index in [0.29, 0.717) is 34.0 Å². The van der Waals surface area contributed by atoms with Crippen LogP contribution in [0, 0.1) is 13.8 Å². The number of halogens is 1. The highest BCUT2D eigenvalue weighted by atomic mass is 79.9. The molecule has 1 aromatic heterocycles. The van der Waals surface area contributed by atoms with Crippen LogP contribution in [0.3, 0.4) is 0 Å². The second-order valence-electron chi connectivity index (χ2n) is 7.98. The quantitative estimate of drug-likeness (QED) is 0.263. The second-order valence-corrected chi connectivity index (χ2v) is 8.83. The molecule has 0 aliphatic heterocycles. The van der Waals surface area contributed by atoms with E-state index in [1.54, 1.807) is 18.7 Å². The number of carbonyl (C=O) groups is 1. The lowest BCUT2D eigenvalue weighted by Crippen LogP contribution is -2.13. The third-order valence-corrected chi connectivity index (χ3v) is 6.36. The van der Waals surface area contributed by atoms with Gasteiger partial charge in [-0.05, 0) is 50.6 Å². The van der Waals surface area contributed by atoms with E-state index < -0.39 is 5.97 Å². The van der Waals surface area contributed by atoms with Gasteiger partial charge < -0.3 is 14.2 Å². The molecule has 35 heavy (non-hydrogen) atoms. The number of methoxy groups -OCH3 is 2. The van der Waals surface area contributed by atoms with E-state index in [4.69, 9.17) is 14.2 Å². The Morgan fingerprint density at radius 1 is 1.00 bits per heavy atom. The fraction of sp³-hybridized carbons (Fsp3) is 0.222. The summed E-state index contributed by atoms with van der Waals surface area (Å²) in [6, 6.07) is 15.7. The van der Waals surface area contributed by atoms with Crippen molar-refractivity contribution in [1.29, 1.82) is 0 Å². The van der Waals surface area contributed by atoms with Gasteiger partial charge in [0.05, 0.1) is 27.0 Å². The van der Waals surface area contributed by atoms with Gasteiger partial charge >= 0.3 is 5.97 Å². The third-order valence-electron chi connectivity index (χ3n) is 5.67. The topological polar surface area (TPSA) is 75.5 Å². The molecule has 0 spiro atoms. The van der Waals surface area contributed by atoms with Gasteiger partial charge in [-0.2, -0.15) is 0 Å². The van der Waals surface area contributed by atoms with Crippen molar-refractivity contribution in [2.24, 2.45) is 0 Å². The average molecular weight is 536 g/mol. The van der Waals surface area contributed by atoms with Gasteiger partial charge in [0.15, 0.2) is 5.75 Å². The summed E-state index contributed by atoms with van der Waals surface area (Å²) in [7, 11) is 3.15. The minimum atomic E-state index is -0.460. The number of ether oxygens (including phenoxy) is 3. The molecule has 0 saturated carbocycles. The lowest BCUT2D eigenvalue weighted by atomic mass is 9.96. The highest BCUT2D eigenvalue weighted by Crippen LogP contribution is 2.42. The predicted molar refractivity (Wildman–Crippen MR) is 138 cm³/mol. The smallest absolute Gasteiger partial charge is 0.342 e. The van der Waals surface area contributed by atoms with E-state index in [2.05, 4.69) is 26.2 Å². The Morgan fingerprint density at radius 3 is 2.40 bits per heavy atom. The Bertz CT molecular complexity index is 1380. The largest absolute Gasteiger partial charge is 0.497 e. The molecule has 8 heteroatoms. The van der Waals surface area contributed by atoms with Crippen molar-refractivity contribution in [2.45, 2.75) is 20.8 Å². The molecule has 0 fully saturated rings. The van der Waals surface area contributed by atoms with Crippen LogP contribution in [-0.2, 0) is 4.74 Å². The molecule has 0 bridgehead atoms. The zero-order valence-corrected chi connectivity index (χ0v) is 21.8. The highest BCUT2D eigenvalue weighted by molar-refractivity contribution is 9.10. The molecule has 0 N–H and O–H groups in total. The van der Waals surface area contributed by atoms with Crippen LogP contribution in [-0.4, -0.2) is 41.8 Å². The molecule has 0 unspecified atom stereocenters. The maximum Gasteiger partial charge on any atom is 0.342 e. The van der Waals surface area contributed by atoms with Crippen molar-refractivity contribution >= 4 is 21.9 Å². The van der Waals surface area contributed by atoms with Crippen LogP contribution in [0.2, 0.25) is 0 Å².